The summed E-state index contributed by atoms with van der Waals surface area (Å²) in [6.07, 6.45) is 6.00. The standard InChI is InChI=1S/C23H27N5O2S/c1-3-11-28-22(20-10-14-30-17(20)2)25-26-23(28)31-16-21(29)24-19-8-6-18(7-9-19)15-27-12-4-5-13-27/h3,6-10,14H,1,4-5,11-13,15-16H2,2H3,(H,24,29). The SMILES string of the molecule is C=CCn1c(SCC(=O)Nc2ccc(CN3CCCC3)cc2)nnc1-c1ccoc1C. The van der Waals surface area contributed by atoms with Crippen LogP contribution in [0.25, 0.3) is 11.4 Å². The van der Waals surface area contributed by atoms with Crippen molar-refractivity contribution in [3.8, 4) is 11.4 Å². The van der Waals surface area contributed by atoms with Gasteiger partial charge in [-0.3, -0.25) is 14.3 Å². The van der Waals surface area contributed by atoms with E-state index in [2.05, 4.69) is 39.1 Å². The van der Waals surface area contributed by atoms with Crippen molar-refractivity contribution < 1.29 is 9.21 Å². The van der Waals surface area contributed by atoms with E-state index in [1.165, 1.54) is 43.3 Å². The van der Waals surface area contributed by atoms with Gasteiger partial charge in [-0.2, -0.15) is 0 Å². The van der Waals surface area contributed by atoms with Crippen molar-refractivity contribution in [3.05, 3.63) is 60.6 Å². The van der Waals surface area contributed by atoms with Crippen molar-refractivity contribution >= 4 is 23.4 Å². The Labute approximate surface area is 186 Å². The molecule has 1 fully saturated rings. The number of nitrogens with one attached hydrogen (secondary N) is 1. The van der Waals surface area contributed by atoms with Crippen molar-refractivity contribution in [2.24, 2.45) is 0 Å². The number of amides is 1. The second kappa shape index (κ2) is 9.98. The maximum Gasteiger partial charge on any atom is 0.234 e. The van der Waals surface area contributed by atoms with Crippen LogP contribution in [0, 0.1) is 6.92 Å². The van der Waals surface area contributed by atoms with Crippen molar-refractivity contribution in [2.45, 2.75) is 38.0 Å². The predicted molar refractivity (Wildman–Crippen MR) is 123 cm³/mol. The summed E-state index contributed by atoms with van der Waals surface area (Å²) < 4.78 is 7.33. The smallest absolute Gasteiger partial charge is 0.234 e. The number of hydrogen-bond donors (Lipinski definition) is 1. The molecule has 31 heavy (non-hydrogen) atoms. The number of aryl methyl sites for hydroxylation is 1. The lowest BCUT2D eigenvalue weighted by molar-refractivity contribution is -0.113. The molecule has 162 valence electrons. The summed E-state index contributed by atoms with van der Waals surface area (Å²) in [4.78, 5) is 14.9. The summed E-state index contributed by atoms with van der Waals surface area (Å²) in [5.41, 5.74) is 2.96. The Morgan fingerprint density at radius 3 is 2.68 bits per heavy atom. The van der Waals surface area contributed by atoms with E-state index in [0.717, 1.165) is 23.6 Å². The molecule has 1 amide bonds. The van der Waals surface area contributed by atoms with Gasteiger partial charge in [-0.05, 0) is 56.6 Å². The number of anilines is 1. The first-order valence-corrected chi connectivity index (χ1v) is 11.4. The number of allylic oxidation sites excluding steroid dienone is 1. The fourth-order valence-corrected chi connectivity index (χ4v) is 4.47. The summed E-state index contributed by atoms with van der Waals surface area (Å²) in [6, 6.07) is 9.97. The number of rotatable bonds is 9. The number of likely N-dealkylation sites (tertiary alicyclic amines) is 1. The van der Waals surface area contributed by atoms with Gasteiger partial charge in [0.15, 0.2) is 11.0 Å². The summed E-state index contributed by atoms with van der Waals surface area (Å²) in [5, 5.41) is 12.2. The molecule has 3 heterocycles. The number of carbonyl (C=O) groups excluding carboxylic acids is 1. The molecule has 0 bridgehead atoms. The molecule has 1 aliphatic heterocycles. The van der Waals surface area contributed by atoms with Crippen LogP contribution < -0.4 is 5.32 Å². The average Bonchev–Trinajstić information content (AvgIpc) is 3.50. The van der Waals surface area contributed by atoms with Gasteiger partial charge in [0.2, 0.25) is 5.91 Å². The van der Waals surface area contributed by atoms with Crippen molar-refractivity contribution in [1.82, 2.24) is 19.7 Å². The Bertz CT molecular complexity index is 1030. The van der Waals surface area contributed by atoms with Gasteiger partial charge in [0.25, 0.3) is 0 Å². The van der Waals surface area contributed by atoms with Crippen LogP contribution in [0.5, 0.6) is 0 Å². The molecule has 0 atom stereocenters. The second-order valence-electron chi connectivity index (χ2n) is 7.61. The lowest BCUT2D eigenvalue weighted by Crippen LogP contribution is -2.18. The lowest BCUT2D eigenvalue weighted by Gasteiger charge is -2.14. The molecule has 7 nitrogen and oxygen atoms in total. The van der Waals surface area contributed by atoms with E-state index in [0.29, 0.717) is 17.5 Å². The predicted octanol–water partition coefficient (Wildman–Crippen LogP) is 4.36. The fourth-order valence-electron chi connectivity index (χ4n) is 3.72. The Morgan fingerprint density at radius 2 is 2.00 bits per heavy atom. The summed E-state index contributed by atoms with van der Waals surface area (Å²) in [6.45, 7) is 9.58. The van der Waals surface area contributed by atoms with Crippen LogP contribution >= 0.6 is 11.8 Å². The van der Waals surface area contributed by atoms with Crippen LogP contribution in [-0.2, 0) is 17.9 Å². The normalized spacial score (nSPS) is 14.1. The first-order chi connectivity index (χ1) is 15.1. The molecule has 0 saturated carbocycles. The number of aromatic nitrogens is 3. The fraction of sp³-hybridized carbons (Fsp3) is 0.348. The molecule has 0 spiro atoms. The topological polar surface area (TPSA) is 76.2 Å². The van der Waals surface area contributed by atoms with E-state index in [1.54, 1.807) is 12.3 Å². The molecule has 2 aromatic heterocycles. The maximum absolute atomic E-state index is 12.5. The summed E-state index contributed by atoms with van der Waals surface area (Å²) in [7, 11) is 0. The Morgan fingerprint density at radius 1 is 1.23 bits per heavy atom. The van der Waals surface area contributed by atoms with Gasteiger partial charge in [-0.1, -0.05) is 30.0 Å². The Hall–Kier alpha value is -2.84. The monoisotopic (exact) mass is 437 g/mol. The highest BCUT2D eigenvalue weighted by atomic mass is 32.2. The van der Waals surface area contributed by atoms with Crippen LogP contribution in [0.15, 0.2) is 58.8 Å². The Balaban J connectivity index is 1.35. The number of benzene rings is 1. The van der Waals surface area contributed by atoms with E-state index in [9.17, 15) is 4.79 Å². The third-order valence-electron chi connectivity index (χ3n) is 5.30. The van der Waals surface area contributed by atoms with Crippen LogP contribution in [-0.4, -0.2) is 44.4 Å². The van der Waals surface area contributed by atoms with Gasteiger partial charge in [0.1, 0.15) is 5.76 Å². The minimum Gasteiger partial charge on any atom is -0.469 e. The molecule has 1 aromatic carbocycles. The lowest BCUT2D eigenvalue weighted by atomic mass is 10.2. The zero-order chi connectivity index (χ0) is 21.6. The minimum atomic E-state index is -0.0773. The highest BCUT2D eigenvalue weighted by Gasteiger charge is 2.18. The van der Waals surface area contributed by atoms with E-state index in [-0.39, 0.29) is 11.7 Å². The highest BCUT2D eigenvalue weighted by Crippen LogP contribution is 2.27. The molecule has 1 N–H and O–H groups in total. The van der Waals surface area contributed by atoms with Gasteiger partial charge in [0.05, 0.1) is 17.6 Å². The van der Waals surface area contributed by atoms with Crippen LogP contribution in [0.3, 0.4) is 0 Å². The zero-order valence-electron chi connectivity index (χ0n) is 17.7. The molecule has 1 aliphatic rings. The summed E-state index contributed by atoms with van der Waals surface area (Å²) in [5.74, 6) is 1.66. The number of carbonyl (C=O) groups is 1. The van der Waals surface area contributed by atoms with E-state index in [4.69, 9.17) is 4.42 Å². The highest BCUT2D eigenvalue weighted by molar-refractivity contribution is 7.99. The first kappa shape index (κ1) is 21.4. The molecule has 3 aromatic rings. The third-order valence-corrected chi connectivity index (χ3v) is 6.27. The third kappa shape index (κ3) is 5.26. The summed E-state index contributed by atoms with van der Waals surface area (Å²) >= 11 is 1.36. The zero-order valence-corrected chi connectivity index (χ0v) is 18.5. The Kier molecular flexibility index (Phi) is 6.89. The molecule has 4 rings (SSSR count). The van der Waals surface area contributed by atoms with E-state index < -0.39 is 0 Å². The molecular weight excluding hydrogens is 410 g/mol. The largest absolute Gasteiger partial charge is 0.469 e. The number of nitrogens with zero attached hydrogens (tertiary/aromatic N) is 4. The van der Waals surface area contributed by atoms with Gasteiger partial charge in [0, 0.05) is 18.8 Å². The molecule has 0 aliphatic carbocycles. The van der Waals surface area contributed by atoms with Crippen LogP contribution in [0.1, 0.15) is 24.2 Å². The van der Waals surface area contributed by atoms with Gasteiger partial charge in [-0.15, -0.1) is 16.8 Å². The van der Waals surface area contributed by atoms with Gasteiger partial charge >= 0.3 is 0 Å². The van der Waals surface area contributed by atoms with Crippen molar-refractivity contribution in [2.75, 3.05) is 24.2 Å². The maximum atomic E-state index is 12.5. The number of hydrogen-bond acceptors (Lipinski definition) is 6. The number of thioether (sulfide) groups is 1. The molecule has 0 unspecified atom stereocenters. The molecule has 8 heteroatoms. The minimum absolute atomic E-state index is 0.0773. The quantitative estimate of drug-likeness (QED) is 0.396. The van der Waals surface area contributed by atoms with Crippen molar-refractivity contribution in [3.63, 3.8) is 0 Å². The van der Waals surface area contributed by atoms with Crippen LogP contribution in [0.2, 0.25) is 0 Å². The second-order valence-corrected chi connectivity index (χ2v) is 8.56. The molecular formula is C23H27N5O2S. The van der Waals surface area contributed by atoms with Crippen molar-refractivity contribution in [1.29, 1.82) is 0 Å². The van der Waals surface area contributed by atoms with Crippen LogP contribution in [0.4, 0.5) is 5.69 Å². The van der Waals surface area contributed by atoms with E-state index >= 15 is 0 Å². The molecule has 0 radical (unpaired) electrons. The van der Waals surface area contributed by atoms with E-state index in [1.807, 2.05) is 29.7 Å². The van der Waals surface area contributed by atoms with Gasteiger partial charge < -0.3 is 9.73 Å². The van der Waals surface area contributed by atoms with Gasteiger partial charge in [-0.25, -0.2) is 0 Å². The number of furan rings is 1. The molecule has 1 saturated heterocycles. The first-order valence-electron chi connectivity index (χ1n) is 10.5. The average molecular weight is 438 g/mol.